The largest absolute Gasteiger partial charge is 0.373 e. The number of carbonyl (C=O) groups is 2. The molecular weight excluding hydrogens is 374 g/mol. The first-order chi connectivity index (χ1) is 12.7. The van der Waals surface area contributed by atoms with E-state index in [1.807, 2.05) is 13.8 Å². The summed E-state index contributed by atoms with van der Waals surface area (Å²) in [7, 11) is -2.04. The number of amides is 2. The Morgan fingerprint density at radius 1 is 1.04 bits per heavy atom. The lowest BCUT2D eigenvalue weighted by molar-refractivity contribution is -0.130. The van der Waals surface area contributed by atoms with Gasteiger partial charge in [0.25, 0.3) is 16.1 Å². The maximum absolute atomic E-state index is 12.9. The summed E-state index contributed by atoms with van der Waals surface area (Å²) in [4.78, 5) is 25.7. The average Bonchev–Trinajstić information content (AvgIpc) is 2.62. The first-order valence-corrected chi connectivity index (χ1v) is 10.6. The van der Waals surface area contributed by atoms with E-state index in [9.17, 15) is 18.0 Å². The van der Waals surface area contributed by atoms with Crippen molar-refractivity contribution >= 4 is 27.7 Å². The average molecular weight is 401 g/mol. The van der Waals surface area contributed by atoms with Crippen LogP contribution in [0.2, 0.25) is 0 Å². The second kappa shape index (κ2) is 7.82. The number of ether oxygens (including phenoxy) is 1. The Balaban J connectivity index is 1.60. The Bertz CT molecular complexity index is 721. The Kier molecular flexibility index (Phi) is 5.84. The van der Waals surface area contributed by atoms with Crippen LogP contribution in [0.3, 0.4) is 0 Å². The van der Waals surface area contributed by atoms with Crippen molar-refractivity contribution in [3.8, 4) is 0 Å². The number of carbonyl (C=O) groups excluding carboxylic acids is 2. The van der Waals surface area contributed by atoms with Crippen LogP contribution in [0.15, 0.2) is 5.10 Å². The van der Waals surface area contributed by atoms with Crippen molar-refractivity contribution in [1.29, 1.82) is 0 Å². The summed E-state index contributed by atoms with van der Waals surface area (Å²) in [5.41, 5.74) is 0.351. The van der Waals surface area contributed by atoms with Gasteiger partial charge in [0.15, 0.2) is 0 Å². The van der Waals surface area contributed by atoms with Crippen molar-refractivity contribution in [2.24, 2.45) is 5.10 Å². The van der Waals surface area contributed by atoms with E-state index < -0.39 is 10.2 Å². The molecule has 10 nitrogen and oxygen atoms in total. The van der Waals surface area contributed by atoms with E-state index in [-0.39, 0.29) is 43.5 Å². The standard InChI is InChI=1S/C16H27N5O5S/c1-12-10-21(11-13(2)26-12)27(24,25)20-8-6-19(7-9-20)16(23)14-4-5-15(22)18(3)17-14/h12-13H,4-11H2,1-3H3. The molecule has 11 heteroatoms. The summed E-state index contributed by atoms with van der Waals surface area (Å²) in [6.07, 6.45) is 0.304. The highest BCUT2D eigenvalue weighted by atomic mass is 32.2. The Morgan fingerprint density at radius 3 is 2.19 bits per heavy atom. The lowest BCUT2D eigenvalue weighted by Gasteiger charge is -2.40. The van der Waals surface area contributed by atoms with Gasteiger partial charge < -0.3 is 9.64 Å². The molecule has 0 aliphatic carbocycles. The minimum absolute atomic E-state index is 0.114. The smallest absolute Gasteiger partial charge is 0.282 e. The highest BCUT2D eigenvalue weighted by Gasteiger charge is 2.38. The van der Waals surface area contributed by atoms with Gasteiger partial charge in [0, 0.05) is 59.2 Å². The fourth-order valence-corrected chi connectivity index (χ4v) is 5.36. The Hall–Kier alpha value is -1.56. The SMILES string of the molecule is CC1CN(S(=O)(=O)N2CCN(C(=O)C3=NN(C)C(=O)CC3)CC2)CC(C)O1. The van der Waals surface area contributed by atoms with Crippen LogP contribution >= 0.6 is 0 Å². The zero-order chi connectivity index (χ0) is 19.8. The minimum atomic E-state index is -3.58. The molecule has 3 rings (SSSR count). The number of hydrogen-bond donors (Lipinski definition) is 0. The number of hydrazone groups is 1. The van der Waals surface area contributed by atoms with Crippen LogP contribution in [0.5, 0.6) is 0 Å². The highest BCUT2D eigenvalue weighted by molar-refractivity contribution is 7.86. The molecule has 2 fully saturated rings. The topological polar surface area (TPSA) is 103 Å². The van der Waals surface area contributed by atoms with E-state index in [1.165, 1.54) is 20.7 Å². The summed E-state index contributed by atoms with van der Waals surface area (Å²) in [5, 5.41) is 5.24. The molecule has 0 aromatic heterocycles. The van der Waals surface area contributed by atoms with Crippen molar-refractivity contribution in [2.45, 2.75) is 38.9 Å². The van der Waals surface area contributed by atoms with Crippen molar-refractivity contribution in [3.63, 3.8) is 0 Å². The molecule has 0 saturated carbocycles. The zero-order valence-corrected chi connectivity index (χ0v) is 16.8. The van der Waals surface area contributed by atoms with E-state index in [2.05, 4.69) is 5.10 Å². The molecule has 152 valence electrons. The van der Waals surface area contributed by atoms with Gasteiger partial charge in [0.1, 0.15) is 5.71 Å². The first-order valence-electron chi connectivity index (χ1n) is 9.22. The monoisotopic (exact) mass is 401 g/mol. The summed E-state index contributed by atoms with van der Waals surface area (Å²) >= 11 is 0. The lowest BCUT2D eigenvalue weighted by Crippen LogP contribution is -2.58. The summed E-state index contributed by atoms with van der Waals surface area (Å²) in [5.74, 6) is -0.337. The minimum Gasteiger partial charge on any atom is -0.373 e. The second-order valence-corrected chi connectivity index (χ2v) is 9.17. The van der Waals surface area contributed by atoms with Crippen molar-refractivity contribution in [1.82, 2.24) is 18.5 Å². The van der Waals surface area contributed by atoms with Gasteiger partial charge >= 0.3 is 0 Å². The molecule has 2 saturated heterocycles. The number of hydrogen-bond acceptors (Lipinski definition) is 6. The molecule has 0 N–H and O–H groups in total. The number of piperazine rings is 1. The molecule has 2 atom stereocenters. The van der Waals surface area contributed by atoms with Crippen LogP contribution < -0.4 is 0 Å². The fourth-order valence-electron chi connectivity index (χ4n) is 3.61. The molecule has 2 amide bonds. The fraction of sp³-hybridized carbons (Fsp3) is 0.812. The number of rotatable bonds is 3. The van der Waals surface area contributed by atoms with E-state index in [4.69, 9.17) is 4.74 Å². The van der Waals surface area contributed by atoms with Gasteiger partial charge in [0.05, 0.1) is 12.2 Å². The molecule has 0 radical (unpaired) electrons. The van der Waals surface area contributed by atoms with Crippen LogP contribution in [0.4, 0.5) is 0 Å². The van der Waals surface area contributed by atoms with Gasteiger partial charge in [-0.15, -0.1) is 0 Å². The molecular formula is C16H27N5O5S. The van der Waals surface area contributed by atoms with Crippen LogP contribution in [0, 0.1) is 0 Å². The molecule has 27 heavy (non-hydrogen) atoms. The lowest BCUT2D eigenvalue weighted by atomic mass is 10.1. The third kappa shape index (κ3) is 4.31. The van der Waals surface area contributed by atoms with Crippen LogP contribution in [0.25, 0.3) is 0 Å². The first kappa shape index (κ1) is 20.2. The van der Waals surface area contributed by atoms with Gasteiger partial charge in [-0.05, 0) is 13.8 Å². The quantitative estimate of drug-likeness (QED) is 0.609. The Labute approximate surface area is 159 Å². The number of nitrogens with zero attached hydrogens (tertiary/aromatic N) is 5. The third-order valence-electron chi connectivity index (χ3n) is 5.02. The maximum Gasteiger partial charge on any atom is 0.282 e. The normalized spacial score (nSPS) is 29.0. The molecule has 3 aliphatic heterocycles. The molecule has 3 aliphatic rings. The van der Waals surface area contributed by atoms with Gasteiger partial charge in [-0.2, -0.15) is 22.1 Å². The van der Waals surface area contributed by atoms with Gasteiger partial charge in [-0.25, -0.2) is 5.01 Å². The molecule has 3 heterocycles. The van der Waals surface area contributed by atoms with Crippen molar-refractivity contribution < 1.29 is 22.7 Å². The van der Waals surface area contributed by atoms with Crippen LogP contribution in [-0.4, -0.2) is 103 Å². The van der Waals surface area contributed by atoms with E-state index in [0.717, 1.165) is 0 Å². The summed E-state index contributed by atoms with van der Waals surface area (Å²) in [6, 6.07) is 0. The van der Waals surface area contributed by atoms with Gasteiger partial charge in [-0.1, -0.05) is 0 Å². The summed E-state index contributed by atoms with van der Waals surface area (Å²) < 4.78 is 34.3. The van der Waals surface area contributed by atoms with Crippen LogP contribution in [0.1, 0.15) is 26.7 Å². The highest BCUT2D eigenvalue weighted by Crippen LogP contribution is 2.19. The maximum atomic E-state index is 12.9. The molecule has 0 aromatic rings. The zero-order valence-electron chi connectivity index (χ0n) is 16.0. The predicted octanol–water partition coefficient (Wildman–Crippen LogP) is -0.907. The second-order valence-electron chi connectivity index (χ2n) is 7.24. The van der Waals surface area contributed by atoms with E-state index in [1.54, 1.807) is 4.90 Å². The number of morpholine rings is 1. The molecule has 0 bridgehead atoms. The predicted molar refractivity (Wildman–Crippen MR) is 98.1 cm³/mol. The molecule has 0 spiro atoms. The van der Waals surface area contributed by atoms with Crippen LogP contribution in [-0.2, 0) is 24.5 Å². The molecule has 0 aromatic carbocycles. The Morgan fingerprint density at radius 2 is 1.63 bits per heavy atom. The third-order valence-corrected chi connectivity index (χ3v) is 6.99. The van der Waals surface area contributed by atoms with Crippen molar-refractivity contribution in [3.05, 3.63) is 0 Å². The van der Waals surface area contributed by atoms with E-state index in [0.29, 0.717) is 38.3 Å². The van der Waals surface area contributed by atoms with E-state index >= 15 is 0 Å². The van der Waals surface area contributed by atoms with Gasteiger partial charge in [-0.3, -0.25) is 9.59 Å². The summed E-state index contributed by atoms with van der Waals surface area (Å²) in [6.45, 7) is 5.51. The van der Waals surface area contributed by atoms with Gasteiger partial charge in [0.2, 0.25) is 5.91 Å². The van der Waals surface area contributed by atoms with Crippen molar-refractivity contribution in [2.75, 3.05) is 46.3 Å². The molecule has 2 unspecified atom stereocenters.